The Morgan fingerprint density at radius 3 is 1.55 bits per heavy atom. The van der Waals surface area contributed by atoms with Crippen molar-refractivity contribution in [1.29, 1.82) is 0 Å². The molecule has 4 aromatic rings. The molecule has 0 aliphatic heterocycles. The van der Waals surface area contributed by atoms with Gasteiger partial charge < -0.3 is 0 Å². The molecule has 0 saturated carbocycles. The number of benzene rings is 4. The standard InChI is InChI=1S/C21H25.2C7H7.C5H5.2ClH.H2Si.Zr/c1-20(2,3)16-9-7-14-11-15-8-10-17(21(4,5)6)13-19(15)18(14)12-16;2*1-7-5-3-2-4-6-7;1-2-4-5-3-1;;;;/h7,9-10,12-13H,11H2,1-6H3;2*3-6H,1H3;1-3H,4H2;2*1H;1H2;/q4*-1;;;;. The molecule has 6 rings (SSSR count). The van der Waals surface area contributed by atoms with Gasteiger partial charge in [0.15, 0.2) is 0 Å². The van der Waals surface area contributed by atoms with E-state index >= 15 is 0 Å². The summed E-state index contributed by atoms with van der Waals surface area (Å²) in [5.41, 5.74) is 11.3. The second-order valence-corrected chi connectivity index (χ2v) is 12.5. The Morgan fingerprint density at radius 1 is 0.682 bits per heavy atom. The molecular weight excluding hydrogens is 671 g/mol. The van der Waals surface area contributed by atoms with E-state index in [0.29, 0.717) is 0 Å². The van der Waals surface area contributed by atoms with E-state index in [2.05, 4.69) is 116 Å². The third kappa shape index (κ3) is 14.4. The molecular formula is C40H48Cl2SiZr-4. The van der Waals surface area contributed by atoms with Gasteiger partial charge in [0.1, 0.15) is 0 Å². The van der Waals surface area contributed by atoms with Gasteiger partial charge >= 0.3 is 30.2 Å². The van der Waals surface area contributed by atoms with E-state index in [0.717, 1.165) is 12.8 Å². The Hall–Kier alpha value is -1.96. The van der Waals surface area contributed by atoms with Crippen molar-refractivity contribution >= 4 is 31.7 Å². The van der Waals surface area contributed by atoms with Crippen LogP contribution in [0, 0.1) is 38.1 Å². The first-order valence-corrected chi connectivity index (χ1v) is 20.5. The number of allylic oxidation sites excluding steroid dienone is 4. The van der Waals surface area contributed by atoms with Crippen molar-refractivity contribution in [2.75, 3.05) is 0 Å². The number of hydrogen-bond donors (Lipinski definition) is 0. The number of hydrogen-bond acceptors (Lipinski definition) is 0. The van der Waals surface area contributed by atoms with Crippen LogP contribution in [0.25, 0.3) is 11.1 Å². The van der Waals surface area contributed by atoms with Crippen LogP contribution in [0.2, 0.25) is 0 Å². The zero-order chi connectivity index (χ0) is 31.2. The predicted molar refractivity (Wildman–Crippen MR) is 196 cm³/mol. The zero-order valence-electron chi connectivity index (χ0n) is 27.7. The fourth-order valence-corrected chi connectivity index (χ4v) is 4.27. The van der Waals surface area contributed by atoms with Crippen LogP contribution >= 0.6 is 24.8 Å². The van der Waals surface area contributed by atoms with Crippen LogP contribution in [0.4, 0.5) is 0 Å². The second-order valence-electron chi connectivity index (χ2n) is 12.5. The molecule has 4 aromatic carbocycles. The maximum atomic E-state index is 3.53. The second kappa shape index (κ2) is 21.0. The number of rotatable bonds is 0. The van der Waals surface area contributed by atoms with Gasteiger partial charge in [-0.25, -0.2) is 12.2 Å². The van der Waals surface area contributed by atoms with Crippen molar-refractivity contribution in [3.05, 3.63) is 155 Å². The first-order chi connectivity index (χ1) is 19.9. The van der Waals surface area contributed by atoms with Crippen LogP contribution in [0.1, 0.15) is 81.3 Å². The molecule has 234 valence electrons. The SMILES string of the molecule is CC(C)(C)c1c[c-]c2c(c1)-c1cc(C(C)(C)C)ccc1C2.Cc1cc[c-]cc1.Cc1cc[c-]cc1.Cl.Cl.[C-]1=CC=CC1.[SiH2]=[Zr]. The Morgan fingerprint density at radius 2 is 1.18 bits per heavy atom. The quantitative estimate of drug-likeness (QED) is 0.110. The first kappa shape index (κ1) is 42.0. The van der Waals surface area contributed by atoms with Gasteiger partial charge in [0, 0.05) is 0 Å². The number of fused-ring (bicyclic) bond motifs is 3. The molecule has 0 atom stereocenters. The molecule has 0 aromatic heterocycles. The van der Waals surface area contributed by atoms with E-state index in [1.807, 2.05) is 67.6 Å². The monoisotopic (exact) mass is 716 g/mol. The van der Waals surface area contributed by atoms with E-state index in [9.17, 15) is 0 Å². The Labute approximate surface area is 297 Å². The average Bonchev–Trinajstić information content (AvgIpc) is 3.66. The summed E-state index contributed by atoms with van der Waals surface area (Å²) in [6.07, 6.45) is 11.0. The molecule has 0 amide bonds. The summed E-state index contributed by atoms with van der Waals surface area (Å²) in [4.78, 5) is 0. The molecule has 0 bridgehead atoms. The molecule has 44 heavy (non-hydrogen) atoms. The van der Waals surface area contributed by atoms with Crippen LogP contribution in [0.5, 0.6) is 0 Å². The summed E-state index contributed by atoms with van der Waals surface area (Å²) in [5.74, 6) is 0. The van der Waals surface area contributed by atoms with E-state index in [4.69, 9.17) is 0 Å². The molecule has 2 aliphatic carbocycles. The molecule has 4 heteroatoms. The van der Waals surface area contributed by atoms with E-state index in [1.54, 1.807) is 23.3 Å². The Balaban J connectivity index is 0.000000658. The molecule has 0 heterocycles. The van der Waals surface area contributed by atoms with E-state index in [1.165, 1.54) is 44.5 Å². The van der Waals surface area contributed by atoms with Crippen LogP contribution < -0.4 is 0 Å². The van der Waals surface area contributed by atoms with E-state index < -0.39 is 0 Å². The predicted octanol–water partition coefficient (Wildman–Crippen LogP) is 10.5. The van der Waals surface area contributed by atoms with Gasteiger partial charge in [0.2, 0.25) is 0 Å². The van der Waals surface area contributed by atoms with Gasteiger partial charge in [-0.3, -0.25) is 6.08 Å². The third-order valence-corrected chi connectivity index (χ3v) is 6.88. The maximum absolute atomic E-state index is 3.53. The molecule has 0 unspecified atom stereocenters. The summed E-state index contributed by atoms with van der Waals surface area (Å²) in [6.45, 7) is 19.7. The number of halogens is 2. The summed E-state index contributed by atoms with van der Waals surface area (Å²) in [6, 6.07) is 36.7. The van der Waals surface area contributed by atoms with Crippen molar-refractivity contribution in [1.82, 2.24) is 0 Å². The zero-order valence-corrected chi connectivity index (χ0v) is 33.2. The molecule has 0 N–H and O–H groups in total. The molecule has 0 fully saturated rings. The van der Waals surface area contributed by atoms with Crippen LogP contribution in [-0.4, -0.2) is 6.88 Å². The normalized spacial score (nSPS) is 11.5. The van der Waals surface area contributed by atoms with Gasteiger partial charge in [-0.2, -0.15) is 107 Å². The van der Waals surface area contributed by atoms with Gasteiger partial charge in [0.05, 0.1) is 0 Å². The summed E-state index contributed by atoms with van der Waals surface area (Å²) >= 11 is 1.58. The molecule has 2 aliphatic rings. The van der Waals surface area contributed by atoms with Crippen molar-refractivity contribution < 1.29 is 23.3 Å². The first-order valence-electron chi connectivity index (χ1n) is 14.6. The molecule has 0 saturated heterocycles. The fraction of sp³-hybridized carbons (Fsp3) is 0.300. The topological polar surface area (TPSA) is 0 Å². The molecule has 0 radical (unpaired) electrons. The minimum absolute atomic E-state index is 0. The van der Waals surface area contributed by atoms with Crippen LogP contribution in [0.15, 0.2) is 97.1 Å². The van der Waals surface area contributed by atoms with Crippen molar-refractivity contribution in [3.63, 3.8) is 0 Å². The van der Waals surface area contributed by atoms with Gasteiger partial charge in [0.25, 0.3) is 0 Å². The van der Waals surface area contributed by atoms with Crippen LogP contribution in [-0.2, 0) is 40.6 Å². The van der Waals surface area contributed by atoms with Crippen molar-refractivity contribution in [2.45, 2.75) is 79.1 Å². The summed E-state index contributed by atoms with van der Waals surface area (Å²) < 4.78 is 0. The van der Waals surface area contributed by atoms with E-state index in [-0.39, 0.29) is 35.6 Å². The molecule has 0 spiro atoms. The Kier molecular flexibility index (Phi) is 20.0. The third-order valence-electron chi connectivity index (χ3n) is 6.88. The summed E-state index contributed by atoms with van der Waals surface area (Å²) in [5, 5.41) is 0. The average molecular weight is 719 g/mol. The summed E-state index contributed by atoms with van der Waals surface area (Å²) in [7, 11) is 0. The van der Waals surface area contributed by atoms with Crippen molar-refractivity contribution in [3.8, 4) is 11.1 Å². The molecule has 0 nitrogen and oxygen atoms in total. The van der Waals surface area contributed by atoms with Gasteiger partial charge in [-0.05, 0) is 17.4 Å². The fourth-order valence-electron chi connectivity index (χ4n) is 4.27. The van der Waals surface area contributed by atoms with Gasteiger partial charge in [-0.15, -0.1) is 36.8 Å². The van der Waals surface area contributed by atoms with Crippen molar-refractivity contribution in [2.24, 2.45) is 0 Å². The van der Waals surface area contributed by atoms with Gasteiger partial charge in [-0.1, -0.05) is 90.1 Å². The minimum atomic E-state index is 0. The van der Waals surface area contributed by atoms with Crippen LogP contribution in [0.3, 0.4) is 0 Å². The Bertz CT molecular complexity index is 1320. The number of aryl methyl sites for hydroxylation is 2.